The molecule has 0 radical (unpaired) electrons. The number of aliphatic hydroxyl groups is 1. The minimum Gasteiger partial charge on any atom is -0.393 e. The third kappa shape index (κ3) is 3.12. The highest BCUT2D eigenvalue weighted by Crippen LogP contribution is 2.33. The zero-order valence-electron chi connectivity index (χ0n) is 11.4. The average Bonchev–Trinajstić information content (AvgIpc) is 2.75. The van der Waals surface area contributed by atoms with E-state index >= 15 is 0 Å². The van der Waals surface area contributed by atoms with Crippen LogP contribution < -0.4 is 0 Å². The van der Waals surface area contributed by atoms with Gasteiger partial charge in [0.25, 0.3) is 0 Å². The van der Waals surface area contributed by atoms with Crippen molar-refractivity contribution >= 4 is 0 Å². The van der Waals surface area contributed by atoms with Gasteiger partial charge >= 0.3 is 0 Å². The average molecular weight is 269 g/mol. The second-order valence-corrected chi connectivity index (χ2v) is 5.43. The summed E-state index contributed by atoms with van der Waals surface area (Å²) in [4.78, 5) is 2.11. The molecule has 0 aliphatic carbocycles. The number of likely N-dealkylation sites (tertiary alicyclic amines) is 1. The summed E-state index contributed by atoms with van der Waals surface area (Å²) in [6.07, 6.45) is 2.26. The summed E-state index contributed by atoms with van der Waals surface area (Å²) in [7, 11) is 0. The highest BCUT2D eigenvalue weighted by atomic mass is 19.1. The summed E-state index contributed by atoms with van der Waals surface area (Å²) in [5, 5.41) is 9.52. The van der Waals surface area contributed by atoms with Gasteiger partial charge in [-0.1, -0.05) is 6.07 Å². The molecule has 4 heteroatoms. The highest BCUT2D eigenvalue weighted by Gasteiger charge is 2.32. The largest absolute Gasteiger partial charge is 0.393 e. The van der Waals surface area contributed by atoms with Crippen LogP contribution in [0.2, 0.25) is 0 Å². The second-order valence-electron chi connectivity index (χ2n) is 5.43. The van der Waals surface area contributed by atoms with E-state index in [1.165, 1.54) is 18.2 Å². The fraction of sp³-hybridized carbons (Fsp3) is 0.600. The molecule has 1 heterocycles. The van der Waals surface area contributed by atoms with Crippen molar-refractivity contribution in [1.29, 1.82) is 0 Å². The summed E-state index contributed by atoms with van der Waals surface area (Å²) in [5.74, 6) is -0.981. The molecule has 1 saturated heterocycles. The zero-order valence-corrected chi connectivity index (χ0v) is 11.4. The number of nitrogens with zero attached hydrogens (tertiary/aromatic N) is 1. The van der Waals surface area contributed by atoms with Crippen LogP contribution in [-0.2, 0) is 0 Å². The van der Waals surface area contributed by atoms with Crippen LogP contribution in [0.1, 0.15) is 44.7 Å². The lowest BCUT2D eigenvalue weighted by atomic mass is 10.0. The molecule has 0 spiro atoms. The Bertz CT molecular complexity index is 416. The van der Waals surface area contributed by atoms with Gasteiger partial charge in [-0.15, -0.1) is 0 Å². The molecular weight excluding hydrogens is 248 g/mol. The summed E-state index contributed by atoms with van der Waals surface area (Å²) in [6.45, 7) is 4.42. The number of hydrogen-bond acceptors (Lipinski definition) is 2. The van der Waals surface area contributed by atoms with Gasteiger partial charge in [0.1, 0.15) is 11.6 Å². The third-order valence-corrected chi connectivity index (χ3v) is 3.95. The van der Waals surface area contributed by atoms with Gasteiger partial charge in [-0.3, -0.25) is 4.90 Å². The summed E-state index contributed by atoms with van der Waals surface area (Å²) in [5.41, 5.74) is 0.139. The van der Waals surface area contributed by atoms with Crippen LogP contribution in [0.3, 0.4) is 0 Å². The summed E-state index contributed by atoms with van der Waals surface area (Å²) >= 11 is 0. The fourth-order valence-corrected chi connectivity index (χ4v) is 3.09. The van der Waals surface area contributed by atoms with E-state index in [0.717, 1.165) is 19.4 Å². The molecule has 1 aliphatic rings. The normalized spacial score (nSPS) is 23.5. The molecule has 1 fully saturated rings. The summed E-state index contributed by atoms with van der Waals surface area (Å²) < 4.78 is 27.7. The first kappa shape index (κ1) is 14.4. The first-order chi connectivity index (χ1) is 9.00. The SMILES string of the molecule is CC(O)CC1CCCN1C(C)c1c(F)cccc1F. The molecule has 0 bridgehead atoms. The molecule has 3 unspecified atom stereocenters. The minimum absolute atomic E-state index is 0.139. The van der Waals surface area contributed by atoms with Gasteiger partial charge in [-0.2, -0.15) is 0 Å². The van der Waals surface area contributed by atoms with Crippen LogP contribution in [0.4, 0.5) is 8.78 Å². The number of rotatable bonds is 4. The molecule has 1 N–H and O–H groups in total. The van der Waals surface area contributed by atoms with Crippen molar-refractivity contribution in [1.82, 2.24) is 4.90 Å². The summed E-state index contributed by atoms with van der Waals surface area (Å²) in [6, 6.07) is 3.89. The van der Waals surface area contributed by atoms with Gasteiger partial charge in [-0.05, 0) is 51.8 Å². The number of aliphatic hydroxyl groups excluding tert-OH is 1. The molecule has 1 aromatic rings. The molecule has 2 rings (SSSR count). The minimum atomic E-state index is -0.491. The maximum absolute atomic E-state index is 13.8. The Labute approximate surface area is 113 Å². The van der Waals surface area contributed by atoms with Crippen molar-refractivity contribution in [2.45, 2.75) is 51.3 Å². The van der Waals surface area contributed by atoms with Crippen LogP contribution in [0.5, 0.6) is 0 Å². The van der Waals surface area contributed by atoms with Gasteiger partial charge in [-0.25, -0.2) is 8.78 Å². The molecule has 19 heavy (non-hydrogen) atoms. The first-order valence-corrected chi connectivity index (χ1v) is 6.88. The van der Waals surface area contributed by atoms with Crippen molar-refractivity contribution in [2.24, 2.45) is 0 Å². The lowest BCUT2D eigenvalue weighted by molar-refractivity contribution is 0.112. The van der Waals surface area contributed by atoms with E-state index in [2.05, 4.69) is 4.90 Å². The second kappa shape index (κ2) is 5.97. The van der Waals surface area contributed by atoms with Crippen LogP contribution in [0, 0.1) is 11.6 Å². The van der Waals surface area contributed by atoms with Gasteiger partial charge < -0.3 is 5.11 Å². The molecular formula is C15H21F2NO. The Kier molecular flexibility index (Phi) is 4.53. The van der Waals surface area contributed by atoms with E-state index in [-0.39, 0.29) is 23.8 Å². The Balaban J connectivity index is 2.21. The maximum Gasteiger partial charge on any atom is 0.130 e. The first-order valence-electron chi connectivity index (χ1n) is 6.88. The molecule has 106 valence electrons. The maximum atomic E-state index is 13.8. The van der Waals surface area contributed by atoms with E-state index in [0.29, 0.717) is 6.42 Å². The van der Waals surface area contributed by atoms with Gasteiger partial charge in [0.2, 0.25) is 0 Å². The Hall–Kier alpha value is -1.00. The highest BCUT2D eigenvalue weighted by molar-refractivity contribution is 5.23. The number of hydrogen-bond donors (Lipinski definition) is 1. The van der Waals surface area contributed by atoms with Crippen LogP contribution in [0.25, 0.3) is 0 Å². The smallest absolute Gasteiger partial charge is 0.130 e. The zero-order chi connectivity index (χ0) is 14.0. The molecule has 0 saturated carbocycles. The van der Waals surface area contributed by atoms with Crippen molar-refractivity contribution in [3.05, 3.63) is 35.4 Å². The van der Waals surface area contributed by atoms with Crippen molar-refractivity contribution in [2.75, 3.05) is 6.54 Å². The van der Waals surface area contributed by atoms with Crippen LogP contribution >= 0.6 is 0 Å². The Morgan fingerprint density at radius 2 is 1.95 bits per heavy atom. The van der Waals surface area contributed by atoms with Crippen LogP contribution in [0.15, 0.2) is 18.2 Å². The van der Waals surface area contributed by atoms with Crippen LogP contribution in [-0.4, -0.2) is 28.7 Å². The van der Waals surface area contributed by atoms with E-state index < -0.39 is 11.6 Å². The van der Waals surface area contributed by atoms with Crippen molar-refractivity contribution in [3.8, 4) is 0 Å². The fourth-order valence-electron chi connectivity index (χ4n) is 3.09. The molecule has 3 atom stereocenters. The number of halogens is 2. The molecule has 2 nitrogen and oxygen atoms in total. The Morgan fingerprint density at radius 1 is 1.32 bits per heavy atom. The van der Waals surface area contributed by atoms with E-state index in [1.54, 1.807) is 6.92 Å². The molecule has 1 aromatic carbocycles. The third-order valence-electron chi connectivity index (χ3n) is 3.95. The monoisotopic (exact) mass is 269 g/mol. The van der Waals surface area contributed by atoms with E-state index in [9.17, 15) is 13.9 Å². The topological polar surface area (TPSA) is 23.5 Å². The van der Waals surface area contributed by atoms with Gasteiger partial charge in [0, 0.05) is 17.6 Å². The molecule has 0 amide bonds. The van der Waals surface area contributed by atoms with Crippen molar-refractivity contribution < 1.29 is 13.9 Å². The van der Waals surface area contributed by atoms with Gasteiger partial charge in [0.05, 0.1) is 6.10 Å². The van der Waals surface area contributed by atoms with E-state index in [1.807, 2.05) is 6.92 Å². The predicted molar refractivity (Wildman–Crippen MR) is 70.8 cm³/mol. The lowest BCUT2D eigenvalue weighted by Gasteiger charge is -2.32. The molecule has 0 aromatic heterocycles. The standard InChI is InChI=1S/C15H21F2NO/c1-10(19)9-12-5-4-8-18(12)11(2)15-13(16)6-3-7-14(15)17/h3,6-7,10-12,19H,4-5,8-9H2,1-2H3. The van der Waals surface area contributed by atoms with Crippen molar-refractivity contribution in [3.63, 3.8) is 0 Å². The number of benzene rings is 1. The van der Waals surface area contributed by atoms with Gasteiger partial charge in [0.15, 0.2) is 0 Å². The predicted octanol–water partition coefficient (Wildman–Crippen LogP) is 3.26. The quantitative estimate of drug-likeness (QED) is 0.907. The van der Waals surface area contributed by atoms with E-state index in [4.69, 9.17) is 0 Å². The Morgan fingerprint density at radius 3 is 2.53 bits per heavy atom. The lowest BCUT2D eigenvalue weighted by Crippen LogP contribution is -2.35. The molecule has 1 aliphatic heterocycles.